The van der Waals surface area contributed by atoms with Crippen LogP contribution in [-0.4, -0.2) is 60.0 Å². The SMILES string of the molecule is O=C(CCC1CCCN(Cc2ccccc2)C1)N1CCN(c2ccccn2)CC1. The normalized spacial score (nSPS) is 20.6. The summed E-state index contributed by atoms with van der Waals surface area (Å²) >= 11 is 0. The first-order valence-electron chi connectivity index (χ1n) is 11.0. The summed E-state index contributed by atoms with van der Waals surface area (Å²) < 4.78 is 0. The molecule has 1 atom stereocenters. The summed E-state index contributed by atoms with van der Waals surface area (Å²) in [4.78, 5) is 24.0. The van der Waals surface area contributed by atoms with Gasteiger partial charge < -0.3 is 9.80 Å². The maximum atomic E-state index is 12.7. The summed E-state index contributed by atoms with van der Waals surface area (Å²) in [6, 6.07) is 16.7. The zero-order valence-electron chi connectivity index (χ0n) is 17.2. The summed E-state index contributed by atoms with van der Waals surface area (Å²) in [5, 5.41) is 0. The van der Waals surface area contributed by atoms with E-state index < -0.39 is 0 Å². The van der Waals surface area contributed by atoms with E-state index >= 15 is 0 Å². The fourth-order valence-corrected chi connectivity index (χ4v) is 4.58. The Morgan fingerprint density at radius 2 is 1.76 bits per heavy atom. The number of likely N-dealkylation sites (tertiary alicyclic amines) is 1. The lowest BCUT2D eigenvalue weighted by atomic mass is 9.92. The third-order valence-corrected chi connectivity index (χ3v) is 6.22. The lowest BCUT2D eigenvalue weighted by Crippen LogP contribution is -2.49. The predicted molar refractivity (Wildman–Crippen MR) is 117 cm³/mol. The van der Waals surface area contributed by atoms with E-state index in [0.717, 1.165) is 51.5 Å². The molecule has 2 saturated heterocycles. The van der Waals surface area contributed by atoms with Crippen LogP contribution in [0, 0.1) is 5.92 Å². The van der Waals surface area contributed by atoms with Gasteiger partial charge in [0.1, 0.15) is 5.82 Å². The second-order valence-corrected chi connectivity index (χ2v) is 8.32. The van der Waals surface area contributed by atoms with E-state index in [4.69, 9.17) is 0 Å². The van der Waals surface area contributed by atoms with Crippen LogP contribution in [0.4, 0.5) is 5.82 Å². The Hall–Kier alpha value is -2.40. The molecule has 2 fully saturated rings. The standard InChI is InChI=1S/C24H32N4O/c29-24(28-17-15-27(16-18-28)23-10-4-5-13-25-23)12-11-22-9-6-14-26(20-22)19-21-7-2-1-3-8-21/h1-5,7-8,10,13,22H,6,9,11-12,14-20H2. The second-order valence-electron chi connectivity index (χ2n) is 8.32. The van der Waals surface area contributed by atoms with Gasteiger partial charge in [-0.05, 0) is 49.4 Å². The van der Waals surface area contributed by atoms with Crippen LogP contribution in [0.25, 0.3) is 0 Å². The molecular formula is C24H32N4O. The Balaban J connectivity index is 1.19. The highest BCUT2D eigenvalue weighted by Crippen LogP contribution is 2.23. The van der Waals surface area contributed by atoms with Gasteiger partial charge in [-0.15, -0.1) is 0 Å². The van der Waals surface area contributed by atoms with Gasteiger partial charge in [0.25, 0.3) is 0 Å². The number of carbonyl (C=O) groups is 1. The van der Waals surface area contributed by atoms with E-state index in [1.807, 2.05) is 29.3 Å². The van der Waals surface area contributed by atoms with Crippen LogP contribution in [0.15, 0.2) is 54.7 Å². The number of amides is 1. The molecule has 0 N–H and O–H groups in total. The minimum Gasteiger partial charge on any atom is -0.353 e. The first kappa shape index (κ1) is 19.9. The van der Waals surface area contributed by atoms with E-state index in [0.29, 0.717) is 18.2 Å². The van der Waals surface area contributed by atoms with Crippen LogP contribution in [0.5, 0.6) is 0 Å². The van der Waals surface area contributed by atoms with Gasteiger partial charge in [-0.2, -0.15) is 0 Å². The van der Waals surface area contributed by atoms with Crippen molar-refractivity contribution in [3.05, 3.63) is 60.3 Å². The zero-order chi connectivity index (χ0) is 19.9. The van der Waals surface area contributed by atoms with E-state index in [9.17, 15) is 4.79 Å². The molecule has 2 aliphatic rings. The average molecular weight is 393 g/mol. The van der Waals surface area contributed by atoms with Gasteiger partial charge >= 0.3 is 0 Å². The number of anilines is 1. The molecule has 5 nitrogen and oxygen atoms in total. The topological polar surface area (TPSA) is 39.7 Å². The fourth-order valence-electron chi connectivity index (χ4n) is 4.58. The Morgan fingerprint density at radius 3 is 2.52 bits per heavy atom. The third kappa shape index (κ3) is 5.57. The number of piperidine rings is 1. The lowest BCUT2D eigenvalue weighted by Gasteiger charge is -2.36. The van der Waals surface area contributed by atoms with E-state index in [-0.39, 0.29) is 0 Å². The van der Waals surface area contributed by atoms with Crippen LogP contribution in [0.3, 0.4) is 0 Å². The molecule has 4 rings (SSSR count). The number of hydrogen-bond acceptors (Lipinski definition) is 4. The molecule has 3 heterocycles. The number of nitrogens with zero attached hydrogens (tertiary/aromatic N) is 4. The summed E-state index contributed by atoms with van der Waals surface area (Å²) in [5.74, 6) is 1.98. The molecule has 0 radical (unpaired) electrons. The summed E-state index contributed by atoms with van der Waals surface area (Å²) in [7, 11) is 0. The van der Waals surface area contributed by atoms with Crippen molar-refractivity contribution in [2.75, 3.05) is 44.2 Å². The first-order valence-corrected chi connectivity index (χ1v) is 11.0. The van der Waals surface area contributed by atoms with Crippen LogP contribution < -0.4 is 4.90 Å². The van der Waals surface area contributed by atoms with E-state index in [1.54, 1.807) is 0 Å². The molecule has 1 unspecified atom stereocenters. The molecule has 0 saturated carbocycles. The van der Waals surface area contributed by atoms with Crippen molar-refractivity contribution >= 4 is 11.7 Å². The number of rotatable bonds is 6. The van der Waals surface area contributed by atoms with Crippen molar-refractivity contribution < 1.29 is 4.79 Å². The minimum atomic E-state index is 0.325. The smallest absolute Gasteiger partial charge is 0.222 e. The number of pyridine rings is 1. The Kier molecular flexibility index (Phi) is 6.78. The highest BCUT2D eigenvalue weighted by Gasteiger charge is 2.24. The first-order chi connectivity index (χ1) is 14.3. The van der Waals surface area contributed by atoms with Crippen LogP contribution in [-0.2, 0) is 11.3 Å². The number of benzene rings is 1. The highest BCUT2D eigenvalue weighted by molar-refractivity contribution is 5.76. The van der Waals surface area contributed by atoms with Crippen molar-refractivity contribution in [2.45, 2.75) is 32.2 Å². The van der Waals surface area contributed by atoms with Crippen molar-refractivity contribution in [1.82, 2.24) is 14.8 Å². The molecule has 5 heteroatoms. The monoisotopic (exact) mass is 392 g/mol. The lowest BCUT2D eigenvalue weighted by molar-refractivity contribution is -0.131. The van der Waals surface area contributed by atoms with Crippen molar-refractivity contribution in [1.29, 1.82) is 0 Å². The molecule has 2 aromatic rings. The maximum Gasteiger partial charge on any atom is 0.222 e. The summed E-state index contributed by atoms with van der Waals surface area (Å²) in [5.41, 5.74) is 1.38. The number of aromatic nitrogens is 1. The van der Waals surface area contributed by atoms with Gasteiger partial charge in [0, 0.05) is 51.9 Å². The third-order valence-electron chi connectivity index (χ3n) is 6.22. The van der Waals surface area contributed by atoms with Gasteiger partial charge in [-0.1, -0.05) is 36.4 Å². The minimum absolute atomic E-state index is 0.325. The van der Waals surface area contributed by atoms with Gasteiger partial charge in [-0.25, -0.2) is 4.98 Å². The number of carbonyl (C=O) groups excluding carboxylic acids is 1. The molecule has 154 valence electrons. The second kappa shape index (κ2) is 9.88. The van der Waals surface area contributed by atoms with Crippen molar-refractivity contribution in [3.8, 4) is 0 Å². The van der Waals surface area contributed by atoms with Gasteiger partial charge in [-0.3, -0.25) is 9.69 Å². The summed E-state index contributed by atoms with van der Waals surface area (Å²) in [6.45, 7) is 6.68. The molecule has 0 spiro atoms. The number of piperazine rings is 1. The largest absolute Gasteiger partial charge is 0.353 e. The summed E-state index contributed by atoms with van der Waals surface area (Å²) in [6.07, 6.45) is 6.04. The Bertz CT molecular complexity index is 759. The van der Waals surface area contributed by atoms with Crippen LogP contribution in [0.2, 0.25) is 0 Å². The van der Waals surface area contributed by atoms with Gasteiger partial charge in [0.15, 0.2) is 0 Å². The molecule has 1 aromatic heterocycles. The molecule has 1 amide bonds. The van der Waals surface area contributed by atoms with Crippen molar-refractivity contribution in [3.63, 3.8) is 0 Å². The number of hydrogen-bond donors (Lipinski definition) is 0. The molecule has 2 aliphatic heterocycles. The van der Waals surface area contributed by atoms with Gasteiger partial charge in [0.2, 0.25) is 5.91 Å². The molecular weight excluding hydrogens is 360 g/mol. The van der Waals surface area contributed by atoms with Crippen LogP contribution in [0.1, 0.15) is 31.2 Å². The Labute approximate surface area is 174 Å². The zero-order valence-corrected chi connectivity index (χ0v) is 17.2. The van der Waals surface area contributed by atoms with E-state index in [2.05, 4.69) is 45.1 Å². The van der Waals surface area contributed by atoms with Gasteiger partial charge in [0.05, 0.1) is 0 Å². The predicted octanol–water partition coefficient (Wildman–Crippen LogP) is 3.42. The van der Waals surface area contributed by atoms with Crippen molar-refractivity contribution in [2.24, 2.45) is 5.92 Å². The fraction of sp³-hybridized carbons (Fsp3) is 0.500. The average Bonchev–Trinajstić information content (AvgIpc) is 2.79. The maximum absolute atomic E-state index is 12.7. The molecule has 0 aliphatic carbocycles. The van der Waals surface area contributed by atoms with Crippen LogP contribution >= 0.6 is 0 Å². The molecule has 29 heavy (non-hydrogen) atoms. The highest BCUT2D eigenvalue weighted by atomic mass is 16.2. The quantitative estimate of drug-likeness (QED) is 0.755. The van der Waals surface area contributed by atoms with E-state index in [1.165, 1.54) is 24.9 Å². The molecule has 1 aromatic carbocycles. The molecule has 0 bridgehead atoms. The Morgan fingerprint density at radius 1 is 0.966 bits per heavy atom.